The molecule has 1 fully saturated rings. The molecule has 1 unspecified atom stereocenters. The van der Waals surface area contributed by atoms with E-state index in [-0.39, 0.29) is 5.82 Å². The zero-order chi connectivity index (χ0) is 17.9. The van der Waals surface area contributed by atoms with Gasteiger partial charge in [0, 0.05) is 0 Å². The van der Waals surface area contributed by atoms with Gasteiger partial charge in [0.25, 0.3) is 0 Å². The molecule has 138 valence electrons. The maximum Gasteiger partial charge on any atom is 0.123 e. The van der Waals surface area contributed by atoms with Gasteiger partial charge in [0.15, 0.2) is 0 Å². The van der Waals surface area contributed by atoms with E-state index in [2.05, 4.69) is 25.1 Å². The summed E-state index contributed by atoms with van der Waals surface area (Å²) in [5.41, 5.74) is 5.39. The molecular weight excluding hydrogens is 319 g/mol. The second kappa shape index (κ2) is 7.94. The average Bonchev–Trinajstić information content (AvgIpc) is 2.67. The molecule has 0 bridgehead atoms. The van der Waals surface area contributed by atoms with Crippen LogP contribution in [-0.2, 0) is 12.8 Å². The summed E-state index contributed by atoms with van der Waals surface area (Å²) in [4.78, 5) is 0. The minimum atomic E-state index is -0.165. The summed E-state index contributed by atoms with van der Waals surface area (Å²) < 4.78 is 13.1. The Morgan fingerprint density at radius 2 is 1.46 bits per heavy atom. The highest BCUT2D eigenvalue weighted by Gasteiger charge is 2.22. The Balaban J connectivity index is 1.36. The van der Waals surface area contributed by atoms with E-state index in [0.29, 0.717) is 0 Å². The van der Waals surface area contributed by atoms with E-state index < -0.39 is 0 Å². The van der Waals surface area contributed by atoms with Crippen molar-refractivity contribution in [3.05, 3.63) is 59.4 Å². The van der Waals surface area contributed by atoms with Gasteiger partial charge in [-0.25, -0.2) is 4.39 Å². The smallest absolute Gasteiger partial charge is 0.123 e. The van der Waals surface area contributed by atoms with Crippen LogP contribution in [0.5, 0.6) is 0 Å². The quantitative estimate of drug-likeness (QED) is 0.547. The van der Waals surface area contributed by atoms with Crippen molar-refractivity contribution in [2.24, 2.45) is 17.8 Å². The van der Waals surface area contributed by atoms with E-state index in [9.17, 15) is 4.39 Å². The Hall–Kier alpha value is -1.63. The Kier molecular flexibility index (Phi) is 5.43. The summed E-state index contributed by atoms with van der Waals surface area (Å²) in [6.07, 6.45) is 12.5. The van der Waals surface area contributed by atoms with Crippen molar-refractivity contribution >= 4 is 0 Å². The third kappa shape index (κ3) is 4.19. The molecular formula is C25H31F. The van der Waals surface area contributed by atoms with Crippen molar-refractivity contribution in [3.8, 4) is 11.1 Å². The van der Waals surface area contributed by atoms with Crippen molar-refractivity contribution in [1.29, 1.82) is 0 Å². The molecule has 0 amide bonds. The number of halogens is 1. The van der Waals surface area contributed by atoms with E-state index in [4.69, 9.17) is 0 Å². The van der Waals surface area contributed by atoms with Crippen LogP contribution in [0.4, 0.5) is 4.39 Å². The number of benzene rings is 2. The van der Waals surface area contributed by atoms with Crippen molar-refractivity contribution in [3.63, 3.8) is 0 Å². The van der Waals surface area contributed by atoms with Gasteiger partial charge in [0.2, 0.25) is 0 Å². The fourth-order valence-electron chi connectivity index (χ4n) is 4.99. The standard InChI is InChI=1S/C25H31F/c1-18-2-4-19(5-3-18)6-7-20-8-9-24-17-23(11-10-22(24)16-20)21-12-14-25(26)15-13-21/h10-15,17-20H,2-9,16H2,1H3. The minimum absolute atomic E-state index is 0.165. The van der Waals surface area contributed by atoms with E-state index in [1.165, 1.54) is 68.9 Å². The summed E-state index contributed by atoms with van der Waals surface area (Å²) in [6, 6.07) is 13.7. The van der Waals surface area contributed by atoms with Crippen LogP contribution in [0.3, 0.4) is 0 Å². The van der Waals surface area contributed by atoms with Crippen molar-refractivity contribution in [2.45, 2.75) is 64.7 Å². The van der Waals surface area contributed by atoms with Gasteiger partial charge < -0.3 is 0 Å². The third-order valence-electron chi connectivity index (χ3n) is 6.83. The van der Waals surface area contributed by atoms with E-state index in [1.54, 1.807) is 17.7 Å². The van der Waals surface area contributed by atoms with Crippen LogP contribution in [0.1, 0.15) is 63.0 Å². The van der Waals surface area contributed by atoms with E-state index in [1.807, 2.05) is 12.1 Å². The van der Waals surface area contributed by atoms with Gasteiger partial charge in [-0.1, -0.05) is 69.4 Å². The van der Waals surface area contributed by atoms with Gasteiger partial charge in [0.05, 0.1) is 0 Å². The highest BCUT2D eigenvalue weighted by Crippen LogP contribution is 2.36. The van der Waals surface area contributed by atoms with Crippen LogP contribution >= 0.6 is 0 Å². The maximum absolute atomic E-state index is 13.1. The first-order valence-corrected chi connectivity index (χ1v) is 10.5. The molecule has 0 radical (unpaired) electrons. The third-order valence-corrected chi connectivity index (χ3v) is 6.83. The van der Waals surface area contributed by atoms with Gasteiger partial charge >= 0.3 is 0 Å². The minimum Gasteiger partial charge on any atom is -0.207 e. The van der Waals surface area contributed by atoms with Crippen LogP contribution in [0.25, 0.3) is 11.1 Å². The fourth-order valence-corrected chi connectivity index (χ4v) is 4.99. The van der Waals surface area contributed by atoms with Crippen LogP contribution in [0.2, 0.25) is 0 Å². The topological polar surface area (TPSA) is 0 Å². The lowest BCUT2D eigenvalue weighted by Crippen LogP contribution is -2.17. The first-order valence-electron chi connectivity index (χ1n) is 10.5. The number of hydrogen-bond acceptors (Lipinski definition) is 0. The molecule has 0 aliphatic heterocycles. The number of hydrogen-bond donors (Lipinski definition) is 0. The Morgan fingerprint density at radius 3 is 2.23 bits per heavy atom. The second-order valence-electron chi connectivity index (χ2n) is 8.80. The summed E-state index contributed by atoms with van der Waals surface area (Å²) >= 11 is 0. The number of rotatable bonds is 4. The molecule has 1 atom stereocenters. The highest BCUT2D eigenvalue weighted by molar-refractivity contribution is 5.65. The van der Waals surface area contributed by atoms with Gasteiger partial charge in [-0.15, -0.1) is 0 Å². The first-order chi connectivity index (χ1) is 12.7. The molecule has 0 spiro atoms. The van der Waals surface area contributed by atoms with Gasteiger partial charge in [-0.2, -0.15) is 0 Å². The van der Waals surface area contributed by atoms with Crippen molar-refractivity contribution in [2.75, 3.05) is 0 Å². The van der Waals surface area contributed by atoms with Gasteiger partial charge in [0.1, 0.15) is 5.82 Å². The van der Waals surface area contributed by atoms with Crippen LogP contribution < -0.4 is 0 Å². The monoisotopic (exact) mass is 350 g/mol. The molecule has 0 N–H and O–H groups in total. The molecule has 2 aromatic carbocycles. The highest BCUT2D eigenvalue weighted by atomic mass is 19.1. The Bertz CT molecular complexity index is 722. The lowest BCUT2D eigenvalue weighted by Gasteiger charge is -2.29. The number of fused-ring (bicyclic) bond motifs is 1. The SMILES string of the molecule is CC1CCC(CCC2CCc3cc(-c4ccc(F)cc4)ccc3C2)CC1. The molecule has 2 aliphatic carbocycles. The molecule has 0 nitrogen and oxygen atoms in total. The molecule has 26 heavy (non-hydrogen) atoms. The zero-order valence-electron chi connectivity index (χ0n) is 16.0. The molecule has 1 heteroatoms. The zero-order valence-corrected chi connectivity index (χ0v) is 16.0. The molecule has 2 aliphatic rings. The predicted octanol–water partition coefficient (Wildman–Crippen LogP) is 7.20. The molecule has 0 heterocycles. The van der Waals surface area contributed by atoms with Crippen molar-refractivity contribution < 1.29 is 4.39 Å². The molecule has 0 saturated heterocycles. The lowest BCUT2D eigenvalue weighted by molar-refractivity contribution is 0.255. The van der Waals surface area contributed by atoms with E-state index in [0.717, 1.165) is 23.3 Å². The van der Waals surface area contributed by atoms with Crippen LogP contribution in [-0.4, -0.2) is 0 Å². The fraction of sp³-hybridized carbons (Fsp3) is 0.520. The summed E-state index contributed by atoms with van der Waals surface area (Å²) in [6.45, 7) is 2.41. The van der Waals surface area contributed by atoms with Gasteiger partial charge in [-0.05, 0) is 77.8 Å². The molecule has 0 aromatic heterocycles. The summed E-state index contributed by atoms with van der Waals surface area (Å²) in [7, 11) is 0. The maximum atomic E-state index is 13.1. The average molecular weight is 351 g/mol. The van der Waals surface area contributed by atoms with E-state index >= 15 is 0 Å². The lowest BCUT2D eigenvalue weighted by atomic mass is 9.76. The van der Waals surface area contributed by atoms with Crippen molar-refractivity contribution in [1.82, 2.24) is 0 Å². The summed E-state index contributed by atoms with van der Waals surface area (Å²) in [5.74, 6) is 2.66. The largest absolute Gasteiger partial charge is 0.207 e. The Labute approximate surface area is 157 Å². The molecule has 4 rings (SSSR count). The molecule has 1 saturated carbocycles. The van der Waals surface area contributed by atoms with Crippen LogP contribution in [0, 0.1) is 23.6 Å². The summed E-state index contributed by atoms with van der Waals surface area (Å²) in [5, 5.41) is 0. The number of aryl methyl sites for hydroxylation is 1. The second-order valence-corrected chi connectivity index (χ2v) is 8.80. The normalized spacial score (nSPS) is 25.7. The van der Waals surface area contributed by atoms with Gasteiger partial charge in [-0.3, -0.25) is 0 Å². The predicted molar refractivity (Wildman–Crippen MR) is 108 cm³/mol. The molecule has 2 aromatic rings. The Morgan fingerprint density at radius 1 is 0.769 bits per heavy atom. The first kappa shape index (κ1) is 17.8. The van der Waals surface area contributed by atoms with Crippen LogP contribution in [0.15, 0.2) is 42.5 Å².